The number of aliphatic carboxylic acids is 2. The zero-order chi connectivity index (χ0) is 24.3. The van der Waals surface area contributed by atoms with Crippen LogP contribution in [-0.4, -0.2) is 69.8 Å². The molecule has 1 rings (SSSR count). The third kappa shape index (κ3) is 9.35. The molecule has 0 bridgehead atoms. The molecular formula is C20H28N4O7S. The minimum atomic E-state index is -1.27. The molecule has 0 saturated carbocycles. The van der Waals surface area contributed by atoms with Gasteiger partial charge in [-0.05, 0) is 18.9 Å². The van der Waals surface area contributed by atoms with Gasteiger partial charge in [0.05, 0.1) is 6.04 Å². The summed E-state index contributed by atoms with van der Waals surface area (Å²) in [6, 6.07) is 4.23. The predicted molar refractivity (Wildman–Crippen MR) is 118 cm³/mol. The van der Waals surface area contributed by atoms with Crippen molar-refractivity contribution in [3.63, 3.8) is 0 Å². The molecule has 0 heterocycles. The molecule has 176 valence electrons. The normalized spacial score (nSPS) is 14.3. The van der Waals surface area contributed by atoms with Crippen LogP contribution in [0.2, 0.25) is 0 Å². The fraction of sp³-hybridized carbons (Fsp3) is 0.450. The number of carboxylic acids is 2. The van der Waals surface area contributed by atoms with E-state index in [0.717, 1.165) is 5.56 Å². The Morgan fingerprint density at radius 3 is 2.06 bits per heavy atom. The van der Waals surface area contributed by atoms with Crippen LogP contribution in [0.5, 0.6) is 0 Å². The monoisotopic (exact) mass is 468 g/mol. The number of nitrogens with two attached hydrogens (primary N) is 1. The van der Waals surface area contributed by atoms with Gasteiger partial charge in [-0.1, -0.05) is 30.3 Å². The van der Waals surface area contributed by atoms with E-state index in [2.05, 4.69) is 28.6 Å². The van der Waals surface area contributed by atoms with Gasteiger partial charge in [0.1, 0.15) is 18.1 Å². The van der Waals surface area contributed by atoms with Crippen LogP contribution in [0.15, 0.2) is 30.3 Å². The van der Waals surface area contributed by atoms with Crippen LogP contribution in [0.3, 0.4) is 0 Å². The van der Waals surface area contributed by atoms with Crippen LogP contribution in [0.1, 0.15) is 25.3 Å². The van der Waals surface area contributed by atoms with E-state index in [9.17, 15) is 24.0 Å². The van der Waals surface area contributed by atoms with Gasteiger partial charge in [0, 0.05) is 18.6 Å². The van der Waals surface area contributed by atoms with E-state index in [1.807, 2.05) is 0 Å². The smallest absolute Gasteiger partial charge is 0.327 e. The average Bonchev–Trinajstić information content (AvgIpc) is 2.75. The standard InChI is InChI=1S/C20H28N4O7S/c1-11(17(27)24-15(10-32)20(30)31)22-19(29)14(9-12-5-3-2-4-6-12)23-18(28)13(21)7-8-16(25)26/h2-6,11,13-15,32H,7-10,21H2,1H3,(H,22,29)(H,23,28)(H,24,27)(H,25,26)(H,30,31). The Balaban J connectivity index is 2.87. The van der Waals surface area contributed by atoms with Crippen LogP contribution in [0.25, 0.3) is 0 Å². The second-order valence-corrected chi connectivity index (χ2v) is 7.47. The number of amides is 3. The number of thiol groups is 1. The van der Waals surface area contributed by atoms with E-state index in [1.165, 1.54) is 6.92 Å². The topological polar surface area (TPSA) is 188 Å². The van der Waals surface area contributed by atoms with Gasteiger partial charge in [-0.15, -0.1) is 0 Å². The van der Waals surface area contributed by atoms with E-state index in [-0.39, 0.29) is 25.0 Å². The molecule has 0 spiro atoms. The minimum Gasteiger partial charge on any atom is -0.481 e. The molecule has 32 heavy (non-hydrogen) atoms. The van der Waals surface area contributed by atoms with Gasteiger partial charge >= 0.3 is 11.9 Å². The van der Waals surface area contributed by atoms with E-state index in [0.29, 0.717) is 0 Å². The third-order valence-corrected chi connectivity index (χ3v) is 4.84. The van der Waals surface area contributed by atoms with E-state index in [1.54, 1.807) is 30.3 Å². The zero-order valence-corrected chi connectivity index (χ0v) is 18.4. The Bertz CT molecular complexity index is 821. The predicted octanol–water partition coefficient (Wildman–Crippen LogP) is -1.09. The molecule has 11 nitrogen and oxygen atoms in total. The summed E-state index contributed by atoms with van der Waals surface area (Å²) in [5.74, 6) is -4.64. The summed E-state index contributed by atoms with van der Waals surface area (Å²) in [6.45, 7) is 1.37. The van der Waals surface area contributed by atoms with Crippen LogP contribution in [0.4, 0.5) is 0 Å². The number of benzene rings is 1. The summed E-state index contributed by atoms with van der Waals surface area (Å²) in [6.07, 6.45) is -0.329. The highest BCUT2D eigenvalue weighted by Gasteiger charge is 2.28. The Morgan fingerprint density at radius 1 is 0.938 bits per heavy atom. The molecule has 0 aliphatic carbocycles. The molecule has 7 N–H and O–H groups in total. The number of hydrogen-bond acceptors (Lipinski definition) is 7. The fourth-order valence-corrected chi connectivity index (χ4v) is 2.86. The van der Waals surface area contributed by atoms with Crippen molar-refractivity contribution in [2.75, 3.05) is 5.75 Å². The molecule has 0 saturated heterocycles. The first-order chi connectivity index (χ1) is 15.0. The lowest BCUT2D eigenvalue weighted by atomic mass is 10.0. The average molecular weight is 469 g/mol. The number of nitrogens with one attached hydrogen (secondary N) is 3. The van der Waals surface area contributed by atoms with Crippen molar-refractivity contribution in [2.24, 2.45) is 5.73 Å². The SMILES string of the molecule is CC(NC(=O)C(Cc1ccccc1)NC(=O)C(N)CCC(=O)O)C(=O)NC(CS)C(=O)O. The van der Waals surface area contributed by atoms with E-state index >= 15 is 0 Å². The largest absolute Gasteiger partial charge is 0.481 e. The van der Waals surface area contributed by atoms with E-state index < -0.39 is 53.8 Å². The first-order valence-electron chi connectivity index (χ1n) is 9.81. The molecule has 4 atom stereocenters. The number of carbonyl (C=O) groups excluding carboxylic acids is 3. The molecular weight excluding hydrogens is 440 g/mol. The van der Waals surface area contributed by atoms with Crippen LogP contribution in [-0.2, 0) is 30.4 Å². The summed E-state index contributed by atoms with van der Waals surface area (Å²) in [5.41, 5.74) is 6.45. The van der Waals surface area contributed by atoms with Gasteiger partial charge in [0.2, 0.25) is 17.7 Å². The summed E-state index contributed by atoms with van der Waals surface area (Å²) in [7, 11) is 0. The molecule has 4 unspecified atom stereocenters. The highest BCUT2D eigenvalue weighted by Crippen LogP contribution is 2.05. The maximum atomic E-state index is 12.8. The van der Waals surface area contributed by atoms with Gasteiger partial charge in [0.25, 0.3) is 0 Å². The Morgan fingerprint density at radius 2 is 1.53 bits per heavy atom. The highest BCUT2D eigenvalue weighted by molar-refractivity contribution is 7.80. The molecule has 1 aromatic rings. The Labute approximate surface area is 190 Å². The molecule has 12 heteroatoms. The van der Waals surface area contributed by atoms with Crippen molar-refractivity contribution in [1.29, 1.82) is 0 Å². The highest BCUT2D eigenvalue weighted by atomic mass is 32.1. The van der Waals surface area contributed by atoms with Gasteiger partial charge in [-0.2, -0.15) is 12.6 Å². The van der Waals surface area contributed by atoms with Crippen LogP contribution < -0.4 is 21.7 Å². The Hall–Kier alpha value is -3.12. The van der Waals surface area contributed by atoms with Crippen molar-refractivity contribution in [1.82, 2.24) is 16.0 Å². The summed E-state index contributed by atoms with van der Waals surface area (Å²) >= 11 is 3.86. The number of carboxylic acid groups (broad SMARTS) is 2. The minimum absolute atomic E-state index is 0.0901. The molecule has 0 aliphatic heterocycles. The lowest BCUT2D eigenvalue weighted by Crippen LogP contribution is -2.57. The van der Waals surface area contributed by atoms with Crippen molar-refractivity contribution in [2.45, 2.75) is 50.4 Å². The second-order valence-electron chi connectivity index (χ2n) is 7.10. The first-order valence-corrected chi connectivity index (χ1v) is 10.4. The van der Waals surface area contributed by atoms with Crippen LogP contribution in [0, 0.1) is 0 Å². The molecule has 0 aromatic heterocycles. The first kappa shape index (κ1) is 26.9. The third-order valence-electron chi connectivity index (χ3n) is 4.47. The number of carbonyl (C=O) groups is 5. The lowest BCUT2D eigenvalue weighted by molar-refractivity contribution is -0.141. The maximum Gasteiger partial charge on any atom is 0.327 e. The van der Waals surface area contributed by atoms with Crippen LogP contribution >= 0.6 is 12.6 Å². The molecule has 0 aliphatic rings. The van der Waals surface area contributed by atoms with Crippen molar-refractivity contribution < 1.29 is 34.2 Å². The quantitative estimate of drug-likeness (QED) is 0.178. The maximum absolute atomic E-state index is 12.8. The molecule has 3 amide bonds. The van der Waals surface area contributed by atoms with Gasteiger partial charge in [0.15, 0.2) is 0 Å². The zero-order valence-electron chi connectivity index (χ0n) is 17.5. The summed E-state index contributed by atoms with van der Waals surface area (Å²) in [5, 5.41) is 25.0. The van der Waals surface area contributed by atoms with E-state index in [4.69, 9.17) is 15.9 Å². The lowest BCUT2D eigenvalue weighted by Gasteiger charge is -2.23. The summed E-state index contributed by atoms with van der Waals surface area (Å²) < 4.78 is 0. The van der Waals surface area contributed by atoms with Crippen molar-refractivity contribution in [3.8, 4) is 0 Å². The van der Waals surface area contributed by atoms with Gasteiger partial charge in [-0.25, -0.2) is 4.79 Å². The number of rotatable bonds is 13. The van der Waals surface area contributed by atoms with Gasteiger partial charge < -0.3 is 31.9 Å². The molecule has 0 fully saturated rings. The summed E-state index contributed by atoms with van der Waals surface area (Å²) in [4.78, 5) is 59.2. The second kappa shape index (κ2) is 13.3. The fourth-order valence-electron chi connectivity index (χ4n) is 2.61. The van der Waals surface area contributed by atoms with Gasteiger partial charge in [-0.3, -0.25) is 19.2 Å². The Kier molecular flexibility index (Phi) is 11.2. The van der Waals surface area contributed by atoms with Crippen molar-refractivity contribution >= 4 is 42.3 Å². The number of hydrogen-bond donors (Lipinski definition) is 7. The molecule has 0 radical (unpaired) electrons. The molecule has 1 aromatic carbocycles. The van der Waals surface area contributed by atoms with Crippen molar-refractivity contribution in [3.05, 3.63) is 35.9 Å².